The lowest BCUT2D eigenvalue weighted by atomic mass is 9.87. The highest BCUT2D eigenvalue weighted by Gasteiger charge is 2.18. The highest BCUT2D eigenvalue weighted by molar-refractivity contribution is 7.99. The second-order valence-electron chi connectivity index (χ2n) is 9.61. The molecular formula is C27H27Cl2N7O2S. The normalized spacial score (nSPS) is 11.2. The van der Waals surface area contributed by atoms with Crippen LogP contribution in [0.3, 0.4) is 0 Å². The molecular weight excluding hydrogens is 557 g/mol. The first-order valence-corrected chi connectivity index (χ1v) is 13.7. The minimum Gasteiger partial charge on any atom is -0.334 e. The third-order valence-electron chi connectivity index (χ3n) is 5.61. The summed E-state index contributed by atoms with van der Waals surface area (Å²) in [5.74, 6) is -0.261. The zero-order valence-corrected chi connectivity index (χ0v) is 23.9. The summed E-state index contributed by atoms with van der Waals surface area (Å²) >= 11 is 14.0. The molecule has 0 radical (unpaired) electrons. The van der Waals surface area contributed by atoms with Gasteiger partial charge in [0.2, 0.25) is 11.1 Å². The number of nitrogens with zero attached hydrogens (tertiary/aromatic N) is 4. The molecule has 0 saturated heterocycles. The molecule has 0 aliphatic rings. The van der Waals surface area contributed by atoms with Gasteiger partial charge in [-0.15, -0.1) is 5.10 Å². The molecule has 0 saturated carbocycles. The number of nitrogens with one attached hydrogen (secondary N) is 3. The molecule has 9 nitrogen and oxygen atoms in total. The minimum absolute atomic E-state index is 0.0380. The van der Waals surface area contributed by atoms with E-state index in [0.29, 0.717) is 33.8 Å². The van der Waals surface area contributed by atoms with Gasteiger partial charge in [-0.1, -0.05) is 92.1 Å². The molecule has 3 aromatic carbocycles. The molecule has 202 valence electrons. The summed E-state index contributed by atoms with van der Waals surface area (Å²) in [6.07, 6.45) is 0. The summed E-state index contributed by atoms with van der Waals surface area (Å²) in [5.41, 5.74) is 3.55. The Hall–Kier alpha value is -3.60. The Morgan fingerprint density at radius 1 is 0.949 bits per heavy atom. The molecule has 1 aromatic heterocycles. The zero-order valence-electron chi connectivity index (χ0n) is 21.5. The van der Waals surface area contributed by atoms with Crippen LogP contribution in [-0.2, 0) is 16.8 Å². The molecule has 1 heterocycles. The quantitative estimate of drug-likeness (QED) is 0.209. The Bertz CT molecular complexity index is 1470. The zero-order chi connectivity index (χ0) is 28.0. The predicted octanol–water partition coefficient (Wildman–Crippen LogP) is 6.32. The Kier molecular flexibility index (Phi) is 9.11. The van der Waals surface area contributed by atoms with Gasteiger partial charge in [0.15, 0.2) is 0 Å². The lowest BCUT2D eigenvalue weighted by Crippen LogP contribution is -2.28. The van der Waals surface area contributed by atoms with Crippen molar-refractivity contribution in [2.75, 3.05) is 16.4 Å². The molecule has 0 bridgehead atoms. The van der Waals surface area contributed by atoms with Crippen molar-refractivity contribution in [3.63, 3.8) is 0 Å². The third kappa shape index (κ3) is 7.72. The molecule has 0 aliphatic carbocycles. The molecule has 12 heteroatoms. The van der Waals surface area contributed by atoms with E-state index in [-0.39, 0.29) is 28.1 Å². The Labute approximate surface area is 240 Å². The Morgan fingerprint density at radius 2 is 1.72 bits per heavy atom. The van der Waals surface area contributed by atoms with Gasteiger partial charge in [0.25, 0.3) is 0 Å². The van der Waals surface area contributed by atoms with Crippen LogP contribution in [0.1, 0.15) is 31.9 Å². The SMILES string of the molecule is CC(C)(C)c1ccc(-n2nnnc2SCC(=O)Nc2ccc(NC(=O)NCc3ccccc3)cc2Cl)c(Cl)c1. The van der Waals surface area contributed by atoms with Crippen molar-refractivity contribution >= 4 is 58.3 Å². The largest absolute Gasteiger partial charge is 0.334 e. The van der Waals surface area contributed by atoms with Crippen molar-refractivity contribution in [3.05, 3.63) is 87.9 Å². The lowest BCUT2D eigenvalue weighted by molar-refractivity contribution is -0.113. The number of urea groups is 1. The van der Waals surface area contributed by atoms with E-state index < -0.39 is 0 Å². The van der Waals surface area contributed by atoms with Gasteiger partial charge in [0, 0.05) is 12.2 Å². The third-order valence-corrected chi connectivity index (χ3v) is 7.15. The molecule has 0 fully saturated rings. The fourth-order valence-electron chi connectivity index (χ4n) is 3.53. The molecule has 4 rings (SSSR count). The first kappa shape index (κ1) is 28.4. The van der Waals surface area contributed by atoms with Gasteiger partial charge >= 0.3 is 6.03 Å². The average molecular weight is 585 g/mol. The number of benzene rings is 3. The fourth-order valence-corrected chi connectivity index (χ4v) is 4.70. The molecule has 3 N–H and O–H groups in total. The van der Waals surface area contributed by atoms with E-state index in [0.717, 1.165) is 22.9 Å². The van der Waals surface area contributed by atoms with Crippen LogP contribution in [0.4, 0.5) is 16.2 Å². The average Bonchev–Trinajstić information content (AvgIpc) is 3.36. The number of carbonyl (C=O) groups is 2. The van der Waals surface area contributed by atoms with Crippen LogP contribution in [-0.4, -0.2) is 37.9 Å². The van der Waals surface area contributed by atoms with Crippen LogP contribution >= 0.6 is 35.0 Å². The van der Waals surface area contributed by atoms with Crippen molar-refractivity contribution in [1.82, 2.24) is 25.5 Å². The number of hydrogen-bond acceptors (Lipinski definition) is 6. The van der Waals surface area contributed by atoms with Gasteiger partial charge in [-0.25, -0.2) is 4.79 Å². The monoisotopic (exact) mass is 583 g/mol. The molecule has 0 spiro atoms. The van der Waals surface area contributed by atoms with Crippen LogP contribution in [0.5, 0.6) is 0 Å². The molecule has 0 aliphatic heterocycles. The summed E-state index contributed by atoms with van der Waals surface area (Å²) in [6, 6.07) is 19.8. The number of anilines is 2. The van der Waals surface area contributed by atoms with Crippen LogP contribution in [0.2, 0.25) is 10.0 Å². The van der Waals surface area contributed by atoms with Gasteiger partial charge in [-0.05, 0) is 57.3 Å². The fraction of sp³-hybridized carbons (Fsp3) is 0.222. The predicted molar refractivity (Wildman–Crippen MR) is 156 cm³/mol. The smallest absolute Gasteiger partial charge is 0.319 e. The Balaban J connectivity index is 1.32. The summed E-state index contributed by atoms with van der Waals surface area (Å²) in [5, 5.41) is 21.3. The van der Waals surface area contributed by atoms with Crippen LogP contribution in [0.25, 0.3) is 5.69 Å². The number of rotatable bonds is 8. The van der Waals surface area contributed by atoms with Crippen molar-refractivity contribution in [2.24, 2.45) is 0 Å². The molecule has 3 amide bonds. The van der Waals surface area contributed by atoms with Crippen LogP contribution in [0, 0.1) is 0 Å². The Morgan fingerprint density at radius 3 is 2.41 bits per heavy atom. The summed E-state index contributed by atoms with van der Waals surface area (Å²) in [4.78, 5) is 24.8. The highest BCUT2D eigenvalue weighted by atomic mass is 35.5. The van der Waals surface area contributed by atoms with Crippen molar-refractivity contribution in [2.45, 2.75) is 37.9 Å². The number of thioether (sulfide) groups is 1. The number of carbonyl (C=O) groups excluding carboxylic acids is 2. The summed E-state index contributed by atoms with van der Waals surface area (Å²) < 4.78 is 1.50. The molecule has 39 heavy (non-hydrogen) atoms. The second kappa shape index (κ2) is 12.5. The van der Waals surface area contributed by atoms with E-state index >= 15 is 0 Å². The minimum atomic E-state index is -0.367. The van der Waals surface area contributed by atoms with Gasteiger partial charge in [0.1, 0.15) is 0 Å². The molecule has 0 atom stereocenters. The van der Waals surface area contributed by atoms with E-state index in [9.17, 15) is 9.59 Å². The van der Waals surface area contributed by atoms with E-state index in [4.69, 9.17) is 23.2 Å². The second-order valence-corrected chi connectivity index (χ2v) is 11.4. The number of amides is 3. The summed E-state index contributed by atoms with van der Waals surface area (Å²) in [7, 11) is 0. The highest BCUT2D eigenvalue weighted by Crippen LogP contribution is 2.31. The van der Waals surface area contributed by atoms with E-state index in [1.54, 1.807) is 18.2 Å². The van der Waals surface area contributed by atoms with Gasteiger partial charge in [-0.2, -0.15) is 4.68 Å². The van der Waals surface area contributed by atoms with Gasteiger partial charge in [0.05, 0.1) is 27.2 Å². The standard InChI is InChI=1S/C27H27Cl2N7O2S/c1-27(2,3)18-9-12-23(21(29)13-18)36-26(33-34-35-36)39-16-24(37)32-22-11-10-19(14-20(22)28)31-25(38)30-15-17-7-5-4-6-8-17/h4-14H,15-16H2,1-3H3,(H,32,37)(H2,30,31,38). The maximum Gasteiger partial charge on any atom is 0.319 e. The van der Waals surface area contributed by atoms with Crippen molar-refractivity contribution < 1.29 is 9.59 Å². The number of aromatic nitrogens is 4. The first-order valence-electron chi connectivity index (χ1n) is 12.0. The topological polar surface area (TPSA) is 114 Å². The number of hydrogen-bond donors (Lipinski definition) is 3. The maximum atomic E-state index is 12.6. The van der Waals surface area contributed by atoms with Gasteiger partial charge < -0.3 is 16.0 Å². The number of tetrazole rings is 1. The van der Waals surface area contributed by atoms with E-state index in [1.807, 2.05) is 48.5 Å². The lowest BCUT2D eigenvalue weighted by Gasteiger charge is -2.20. The number of halogens is 2. The maximum absolute atomic E-state index is 12.6. The van der Waals surface area contributed by atoms with Crippen molar-refractivity contribution in [1.29, 1.82) is 0 Å². The van der Waals surface area contributed by atoms with Crippen molar-refractivity contribution in [3.8, 4) is 5.69 Å². The van der Waals surface area contributed by atoms with Crippen LogP contribution < -0.4 is 16.0 Å². The molecule has 0 unspecified atom stereocenters. The first-order chi connectivity index (χ1) is 18.6. The van der Waals surface area contributed by atoms with Crippen LogP contribution in [0.15, 0.2) is 71.9 Å². The molecule has 4 aromatic rings. The van der Waals surface area contributed by atoms with Gasteiger partial charge in [-0.3, -0.25) is 4.79 Å². The van der Waals surface area contributed by atoms with E-state index in [1.165, 1.54) is 4.68 Å². The van der Waals surface area contributed by atoms with E-state index in [2.05, 4.69) is 52.2 Å². The summed E-state index contributed by atoms with van der Waals surface area (Å²) in [6.45, 7) is 6.71.